The normalized spacial score (nSPS) is 10.3. The molecular weight excluding hydrogens is 304 g/mol. The van der Waals surface area contributed by atoms with Crippen LogP contribution in [0.5, 0.6) is 11.6 Å². The van der Waals surface area contributed by atoms with Crippen molar-refractivity contribution in [3.63, 3.8) is 0 Å². The monoisotopic (exact) mass is 324 g/mol. The Hall–Kier alpha value is -2.94. The first kappa shape index (κ1) is 17.4. The van der Waals surface area contributed by atoms with Gasteiger partial charge in [0.05, 0.1) is 11.6 Å². The van der Waals surface area contributed by atoms with Gasteiger partial charge in [0, 0.05) is 18.2 Å². The minimum Gasteiger partial charge on any atom is -0.439 e. The summed E-state index contributed by atoms with van der Waals surface area (Å²) in [4.78, 5) is 20.3. The van der Waals surface area contributed by atoms with Crippen LogP contribution < -0.4 is 10.1 Å². The van der Waals surface area contributed by atoms with Crippen LogP contribution in [0.1, 0.15) is 37.9 Å². The summed E-state index contributed by atoms with van der Waals surface area (Å²) in [6.45, 7) is 5.94. The van der Waals surface area contributed by atoms with Crippen molar-refractivity contribution < 1.29 is 9.53 Å². The van der Waals surface area contributed by atoms with Crippen molar-refractivity contribution in [1.29, 1.82) is 5.26 Å². The summed E-state index contributed by atoms with van der Waals surface area (Å²) < 4.78 is 5.67. The third-order valence-corrected chi connectivity index (χ3v) is 3.24. The van der Waals surface area contributed by atoms with Gasteiger partial charge in [-0.05, 0) is 43.5 Å². The molecule has 1 aromatic heterocycles. The maximum absolute atomic E-state index is 11.9. The minimum atomic E-state index is -0.112. The number of carbonyl (C=O) groups is 1. The third-order valence-electron chi connectivity index (χ3n) is 3.24. The highest BCUT2D eigenvalue weighted by Crippen LogP contribution is 2.21. The van der Waals surface area contributed by atoms with Crippen LogP contribution in [0.2, 0.25) is 0 Å². The topological polar surface area (TPSA) is 87.9 Å². The number of benzene rings is 1. The highest BCUT2D eigenvalue weighted by Gasteiger charge is 2.09. The van der Waals surface area contributed by atoms with Gasteiger partial charge < -0.3 is 4.74 Å². The fraction of sp³-hybridized carbons (Fsp3) is 0.333. The SMILES string of the molecule is Cc1cc(Oc2ccc(C#N)cc2)nc(NC(=O)CCC(C)C)n1. The number of amides is 1. The van der Waals surface area contributed by atoms with Gasteiger partial charge in [-0.2, -0.15) is 10.2 Å². The van der Waals surface area contributed by atoms with Crippen LogP contribution in [0, 0.1) is 24.2 Å². The van der Waals surface area contributed by atoms with Gasteiger partial charge in [-0.1, -0.05) is 13.8 Å². The standard InChI is InChI=1S/C18H20N4O2/c1-12(2)4-9-16(23)21-18-20-13(3)10-17(22-18)24-15-7-5-14(11-19)6-8-15/h5-8,10,12H,4,9H2,1-3H3,(H,20,21,22,23). The first-order valence-electron chi connectivity index (χ1n) is 7.80. The molecule has 6 heteroatoms. The zero-order valence-electron chi connectivity index (χ0n) is 14.0. The van der Waals surface area contributed by atoms with E-state index < -0.39 is 0 Å². The van der Waals surface area contributed by atoms with E-state index in [1.165, 1.54) is 0 Å². The Morgan fingerprint density at radius 3 is 2.62 bits per heavy atom. The minimum absolute atomic E-state index is 0.112. The van der Waals surface area contributed by atoms with Crippen molar-refractivity contribution in [3.05, 3.63) is 41.6 Å². The van der Waals surface area contributed by atoms with Crippen molar-refractivity contribution in [2.45, 2.75) is 33.6 Å². The van der Waals surface area contributed by atoms with E-state index in [1.54, 1.807) is 37.3 Å². The van der Waals surface area contributed by atoms with Crippen LogP contribution in [0.25, 0.3) is 0 Å². The zero-order valence-corrected chi connectivity index (χ0v) is 14.0. The van der Waals surface area contributed by atoms with Crippen LogP contribution in [-0.2, 0) is 4.79 Å². The average molecular weight is 324 g/mol. The van der Waals surface area contributed by atoms with Crippen molar-refractivity contribution in [3.8, 4) is 17.7 Å². The number of anilines is 1. The van der Waals surface area contributed by atoms with Crippen LogP contribution in [0.3, 0.4) is 0 Å². The quantitative estimate of drug-likeness (QED) is 0.872. The lowest BCUT2D eigenvalue weighted by molar-refractivity contribution is -0.116. The number of nitriles is 1. The van der Waals surface area contributed by atoms with Gasteiger partial charge in [0.15, 0.2) is 0 Å². The molecule has 124 valence electrons. The predicted molar refractivity (Wildman–Crippen MR) is 90.7 cm³/mol. The molecule has 0 aliphatic carbocycles. The van der Waals surface area contributed by atoms with Gasteiger partial charge in [0.1, 0.15) is 5.75 Å². The number of hydrogen-bond donors (Lipinski definition) is 1. The summed E-state index contributed by atoms with van der Waals surface area (Å²) in [5.41, 5.74) is 1.24. The molecule has 0 atom stereocenters. The number of nitrogens with zero attached hydrogens (tertiary/aromatic N) is 3. The van der Waals surface area contributed by atoms with Gasteiger partial charge in [0.2, 0.25) is 17.7 Å². The lowest BCUT2D eigenvalue weighted by atomic mass is 10.1. The first-order valence-corrected chi connectivity index (χ1v) is 7.80. The lowest BCUT2D eigenvalue weighted by Gasteiger charge is -2.09. The van der Waals surface area contributed by atoms with Crippen LogP contribution in [0.4, 0.5) is 5.95 Å². The zero-order chi connectivity index (χ0) is 17.5. The van der Waals surface area contributed by atoms with Crippen LogP contribution in [-0.4, -0.2) is 15.9 Å². The Balaban J connectivity index is 2.07. The molecule has 1 heterocycles. The molecule has 0 saturated heterocycles. The summed E-state index contributed by atoms with van der Waals surface area (Å²) in [5, 5.41) is 11.5. The summed E-state index contributed by atoms with van der Waals surface area (Å²) in [6.07, 6.45) is 1.24. The number of carbonyl (C=O) groups excluding carboxylic acids is 1. The Kier molecular flexibility index (Phi) is 5.85. The number of aryl methyl sites for hydroxylation is 1. The van der Waals surface area contributed by atoms with Crippen molar-refractivity contribution in [2.24, 2.45) is 5.92 Å². The molecule has 0 aliphatic rings. The smallest absolute Gasteiger partial charge is 0.232 e. The van der Waals surface area contributed by atoms with E-state index in [-0.39, 0.29) is 11.9 Å². The molecule has 1 aromatic carbocycles. The van der Waals surface area contributed by atoms with Crippen molar-refractivity contribution in [2.75, 3.05) is 5.32 Å². The summed E-state index contributed by atoms with van der Waals surface area (Å²) >= 11 is 0. The van der Waals surface area contributed by atoms with Gasteiger partial charge in [-0.3, -0.25) is 10.1 Å². The van der Waals surface area contributed by atoms with Crippen molar-refractivity contribution in [1.82, 2.24) is 9.97 Å². The van der Waals surface area contributed by atoms with Gasteiger partial charge >= 0.3 is 0 Å². The maximum atomic E-state index is 11.9. The molecule has 0 radical (unpaired) electrons. The van der Waals surface area contributed by atoms with Gasteiger partial charge in [-0.25, -0.2) is 4.98 Å². The first-order chi connectivity index (χ1) is 11.5. The number of hydrogen-bond acceptors (Lipinski definition) is 5. The van der Waals surface area contributed by atoms with E-state index in [0.717, 1.165) is 6.42 Å². The highest BCUT2D eigenvalue weighted by molar-refractivity contribution is 5.88. The number of aromatic nitrogens is 2. The van der Waals surface area contributed by atoms with Gasteiger partial charge in [-0.15, -0.1) is 0 Å². The molecule has 2 aromatic rings. The van der Waals surface area contributed by atoms with Crippen LogP contribution in [0.15, 0.2) is 30.3 Å². The lowest BCUT2D eigenvalue weighted by Crippen LogP contribution is -2.15. The molecule has 2 rings (SSSR count). The largest absolute Gasteiger partial charge is 0.439 e. The number of rotatable bonds is 6. The Bertz CT molecular complexity index is 749. The highest BCUT2D eigenvalue weighted by atomic mass is 16.5. The molecule has 6 nitrogen and oxygen atoms in total. The third kappa shape index (κ3) is 5.36. The fourth-order valence-electron chi connectivity index (χ4n) is 1.97. The van der Waals surface area contributed by atoms with Gasteiger partial charge in [0.25, 0.3) is 0 Å². The van der Waals surface area contributed by atoms with Crippen molar-refractivity contribution >= 4 is 11.9 Å². The fourth-order valence-corrected chi connectivity index (χ4v) is 1.97. The maximum Gasteiger partial charge on any atom is 0.232 e. The van der Waals surface area contributed by atoms with E-state index in [0.29, 0.717) is 35.2 Å². The van der Waals surface area contributed by atoms with E-state index >= 15 is 0 Å². The second kappa shape index (κ2) is 8.06. The molecule has 0 fully saturated rings. The molecule has 24 heavy (non-hydrogen) atoms. The summed E-state index contributed by atoms with van der Waals surface area (Å²) in [7, 11) is 0. The summed E-state index contributed by atoms with van der Waals surface area (Å²) in [6, 6.07) is 10.4. The average Bonchev–Trinajstić information content (AvgIpc) is 2.53. The van der Waals surface area contributed by atoms with E-state index in [2.05, 4.69) is 29.1 Å². The molecule has 1 amide bonds. The van der Waals surface area contributed by atoms with E-state index in [1.807, 2.05) is 6.07 Å². The molecule has 1 N–H and O–H groups in total. The number of nitrogens with one attached hydrogen (secondary N) is 1. The Morgan fingerprint density at radius 1 is 1.29 bits per heavy atom. The predicted octanol–water partition coefficient (Wildman–Crippen LogP) is 3.82. The van der Waals surface area contributed by atoms with E-state index in [9.17, 15) is 4.79 Å². The Labute approximate surface area is 141 Å². The molecule has 0 saturated carbocycles. The van der Waals surface area contributed by atoms with E-state index in [4.69, 9.17) is 10.00 Å². The number of ether oxygens (including phenoxy) is 1. The molecule has 0 spiro atoms. The second-order valence-electron chi connectivity index (χ2n) is 5.89. The van der Waals surface area contributed by atoms with Crippen LogP contribution >= 0.6 is 0 Å². The molecule has 0 aliphatic heterocycles. The molecular formula is C18H20N4O2. The molecule has 0 bridgehead atoms. The second-order valence-corrected chi connectivity index (χ2v) is 5.89. The summed E-state index contributed by atoms with van der Waals surface area (Å²) in [5.74, 6) is 1.48. The molecule has 0 unspecified atom stereocenters. The Morgan fingerprint density at radius 2 is 2.00 bits per heavy atom.